The third-order valence-corrected chi connectivity index (χ3v) is 6.18. The van der Waals surface area contributed by atoms with E-state index in [4.69, 9.17) is 23.2 Å². The second kappa shape index (κ2) is 7.15. The molecule has 31 heavy (non-hydrogen) atoms. The lowest BCUT2D eigenvalue weighted by Gasteiger charge is -2.32. The zero-order valence-corrected chi connectivity index (χ0v) is 17.6. The van der Waals surface area contributed by atoms with Crippen LogP contribution in [-0.4, -0.2) is 21.6 Å². The molecular formula is C24H16Cl2N2O3. The number of para-hydroxylation sites is 1. The van der Waals surface area contributed by atoms with E-state index in [1.54, 1.807) is 41.0 Å². The molecule has 0 radical (unpaired) electrons. The first-order valence-electron chi connectivity index (χ1n) is 9.60. The fraction of sp³-hybridized carbons (Fsp3) is 0.0833. The van der Waals surface area contributed by atoms with Gasteiger partial charge in [0.15, 0.2) is 5.54 Å². The van der Waals surface area contributed by atoms with Gasteiger partial charge < -0.3 is 15.0 Å². The monoisotopic (exact) mass is 450 g/mol. The predicted molar refractivity (Wildman–Crippen MR) is 121 cm³/mol. The van der Waals surface area contributed by atoms with Crippen LogP contribution in [0, 0.1) is 0 Å². The molecule has 7 heteroatoms. The van der Waals surface area contributed by atoms with Crippen LogP contribution in [-0.2, 0) is 16.8 Å². The van der Waals surface area contributed by atoms with Gasteiger partial charge in [-0.05, 0) is 42.0 Å². The largest absolute Gasteiger partial charge is 0.477 e. The quantitative estimate of drug-likeness (QED) is 0.425. The molecule has 0 saturated heterocycles. The van der Waals surface area contributed by atoms with Crippen molar-refractivity contribution in [2.24, 2.45) is 0 Å². The van der Waals surface area contributed by atoms with Gasteiger partial charge in [0.2, 0.25) is 0 Å². The number of aromatic carboxylic acids is 1. The zero-order valence-electron chi connectivity index (χ0n) is 16.1. The normalized spacial score (nSPS) is 17.5. The molecule has 0 spiro atoms. The summed E-state index contributed by atoms with van der Waals surface area (Å²) in [6.07, 6.45) is 0.215. The number of carbonyl (C=O) groups excluding carboxylic acids is 1. The number of benzene rings is 3. The van der Waals surface area contributed by atoms with E-state index in [9.17, 15) is 14.7 Å². The van der Waals surface area contributed by atoms with E-state index in [0.29, 0.717) is 26.8 Å². The minimum atomic E-state index is -1.33. The van der Waals surface area contributed by atoms with Crippen molar-refractivity contribution in [2.75, 3.05) is 5.32 Å². The van der Waals surface area contributed by atoms with Crippen molar-refractivity contribution in [3.05, 3.63) is 99.7 Å². The minimum Gasteiger partial charge on any atom is -0.477 e. The van der Waals surface area contributed by atoms with Gasteiger partial charge in [-0.2, -0.15) is 0 Å². The van der Waals surface area contributed by atoms with Gasteiger partial charge in [-0.15, -0.1) is 0 Å². The van der Waals surface area contributed by atoms with Gasteiger partial charge in [0.05, 0.1) is 5.52 Å². The van der Waals surface area contributed by atoms with Gasteiger partial charge in [0.25, 0.3) is 5.91 Å². The number of fused-ring (bicyclic) bond motifs is 2. The van der Waals surface area contributed by atoms with Crippen molar-refractivity contribution < 1.29 is 14.7 Å². The van der Waals surface area contributed by atoms with Crippen molar-refractivity contribution >= 4 is 51.7 Å². The van der Waals surface area contributed by atoms with Crippen LogP contribution in [0.1, 0.15) is 21.6 Å². The number of carboxylic acid groups (broad SMARTS) is 1. The topological polar surface area (TPSA) is 71.3 Å². The molecule has 5 rings (SSSR count). The van der Waals surface area contributed by atoms with Gasteiger partial charge in [0, 0.05) is 33.1 Å². The Morgan fingerprint density at radius 2 is 1.74 bits per heavy atom. The number of nitrogens with zero attached hydrogens (tertiary/aromatic N) is 1. The first kappa shape index (κ1) is 19.7. The highest BCUT2D eigenvalue weighted by Gasteiger charge is 2.50. The molecule has 0 aliphatic carbocycles. The highest BCUT2D eigenvalue weighted by atomic mass is 35.5. The van der Waals surface area contributed by atoms with Gasteiger partial charge in [0.1, 0.15) is 5.69 Å². The Hall–Kier alpha value is -3.28. The maximum Gasteiger partial charge on any atom is 0.352 e. The third-order valence-electron chi connectivity index (χ3n) is 5.71. The molecule has 0 saturated carbocycles. The van der Waals surface area contributed by atoms with Crippen molar-refractivity contribution in [2.45, 2.75) is 12.0 Å². The van der Waals surface area contributed by atoms with E-state index in [1.807, 2.05) is 36.4 Å². The average molecular weight is 451 g/mol. The SMILES string of the molecule is O=C(O)c1cc2ccccc2n1C1(Cc2cccc(Cl)c2)C(=O)Nc2cc(Cl)ccc21. The minimum absolute atomic E-state index is 0.0289. The number of hydrogen-bond donors (Lipinski definition) is 2. The van der Waals surface area contributed by atoms with Gasteiger partial charge >= 0.3 is 5.97 Å². The highest BCUT2D eigenvalue weighted by molar-refractivity contribution is 6.31. The fourth-order valence-corrected chi connectivity index (χ4v) is 4.86. The highest BCUT2D eigenvalue weighted by Crippen LogP contribution is 2.45. The van der Waals surface area contributed by atoms with E-state index in [2.05, 4.69) is 5.32 Å². The van der Waals surface area contributed by atoms with Crippen molar-refractivity contribution in [1.82, 2.24) is 4.57 Å². The molecule has 1 aromatic heterocycles. The number of rotatable bonds is 4. The molecule has 1 aliphatic heterocycles. The average Bonchev–Trinajstić information content (AvgIpc) is 3.24. The van der Waals surface area contributed by atoms with Crippen LogP contribution in [0.25, 0.3) is 10.9 Å². The predicted octanol–water partition coefficient (Wildman–Crippen LogP) is 5.58. The number of halogens is 2. The van der Waals surface area contributed by atoms with E-state index in [0.717, 1.165) is 10.9 Å². The molecule has 4 aromatic rings. The number of aromatic nitrogens is 1. The molecule has 2 heterocycles. The van der Waals surface area contributed by atoms with E-state index < -0.39 is 11.5 Å². The lowest BCUT2D eigenvalue weighted by Crippen LogP contribution is -2.45. The van der Waals surface area contributed by atoms with Crippen LogP contribution in [0.5, 0.6) is 0 Å². The van der Waals surface area contributed by atoms with Crippen LogP contribution in [0.15, 0.2) is 72.8 Å². The standard InChI is InChI=1S/C24H16Cl2N2O3/c25-16-6-3-4-14(10-16)13-24(18-9-8-17(26)12-19(18)27-23(24)31)28-20-7-2-1-5-15(20)11-21(28)22(29)30/h1-12H,13H2,(H,27,31)(H,29,30). The lowest BCUT2D eigenvalue weighted by atomic mass is 9.84. The molecule has 1 atom stereocenters. The zero-order chi connectivity index (χ0) is 21.8. The van der Waals surface area contributed by atoms with Crippen LogP contribution in [0.2, 0.25) is 10.0 Å². The molecule has 1 unspecified atom stereocenters. The third kappa shape index (κ3) is 3.00. The molecule has 3 aromatic carbocycles. The first-order chi connectivity index (χ1) is 14.9. The Kier molecular flexibility index (Phi) is 4.54. The molecule has 5 nitrogen and oxygen atoms in total. The number of nitrogens with one attached hydrogen (secondary N) is 1. The Balaban J connectivity index is 1.88. The maximum absolute atomic E-state index is 13.7. The number of carboxylic acids is 1. The lowest BCUT2D eigenvalue weighted by molar-refractivity contribution is -0.121. The summed E-state index contributed by atoms with van der Waals surface area (Å²) in [5, 5.41) is 14.7. The van der Waals surface area contributed by atoms with E-state index in [1.165, 1.54) is 0 Å². The van der Waals surface area contributed by atoms with Crippen molar-refractivity contribution in [3.8, 4) is 0 Å². The van der Waals surface area contributed by atoms with Gasteiger partial charge in [-0.3, -0.25) is 4.79 Å². The Bertz CT molecular complexity index is 1380. The summed E-state index contributed by atoms with van der Waals surface area (Å²) < 4.78 is 1.63. The van der Waals surface area contributed by atoms with Crippen molar-refractivity contribution in [3.63, 3.8) is 0 Å². The van der Waals surface area contributed by atoms with Crippen LogP contribution < -0.4 is 5.32 Å². The summed E-state index contributed by atoms with van der Waals surface area (Å²) >= 11 is 12.4. The number of hydrogen-bond acceptors (Lipinski definition) is 2. The van der Waals surface area contributed by atoms with E-state index >= 15 is 0 Å². The van der Waals surface area contributed by atoms with Crippen LogP contribution >= 0.6 is 23.2 Å². The summed E-state index contributed by atoms with van der Waals surface area (Å²) in [7, 11) is 0. The molecule has 154 valence electrons. The van der Waals surface area contributed by atoms with Crippen LogP contribution in [0.4, 0.5) is 5.69 Å². The van der Waals surface area contributed by atoms with Crippen molar-refractivity contribution in [1.29, 1.82) is 0 Å². The van der Waals surface area contributed by atoms with E-state index in [-0.39, 0.29) is 18.0 Å². The molecule has 2 N–H and O–H groups in total. The molecule has 1 aliphatic rings. The second-order valence-electron chi connectivity index (χ2n) is 7.54. The maximum atomic E-state index is 13.7. The molecule has 0 fully saturated rings. The van der Waals surface area contributed by atoms with Crippen LogP contribution in [0.3, 0.4) is 0 Å². The molecule has 1 amide bonds. The van der Waals surface area contributed by atoms with Gasteiger partial charge in [-0.1, -0.05) is 59.6 Å². The first-order valence-corrected chi connectivity index (χ1v) is 10.4. The second-order valence-corrected chi connectivity index (χ2v) is 8.41. The molecule has 0 bridgehead atoms. The summed E-state index contributed by atoms with van der Waals surface area (Å²) in [5.41, 5.74) is 1.38. The smallest absolute Gasteiger partial charge is 0.352 e. The number of anilines is 1. The Labute approximate surface area is 187 Å². The number of carbonyl (C=O) groups is 2. The summed E-state index contributed by atoms with van der Waals surface area (Å²) in [6, 6.07) is 21.3. The summed E-state index contributed by atoms with van der Waals surface area (Å²) in [6.45, 7) is 0. The molecular weight excluding hydrogens is 435 g/mol. The Morgan fingerprint density at radius 1 is 0.968 bits per heavy atom. The Morgan fingerprint density at radius 3 is 2.52 bits per heavy atom. The number of amides is 1. The summed E-state index contributed by atoms with van der Waals surface area (Å²) in [4.78, 5) is 25.9. The summed E-state index contributed by atoms with van der Waals surface area (Å²) in [5.74, 6) is -1.44. The fourth-order valence-electron chi connectivity index (χ4n) is 4.47. The van der Waals surface area contributed by atoms with Gasteiger partial charge in [-0.25, -0.2) is 4.79 Å².